The smallest absolute Gasteiger partial charge is 0.337 e. The highest BCUT2D eigenvalue weighted by molar-refractivity contribution is 6.32. The maximum Gasteiger partial charge on any atom is 0.337 e. The molecule has 31 heavy (non-hydrogen) atoms. The van der Waals surface area contributed by atoms with Crippen molar-refractivity contribution >= 4 is 29.3 Å². The number of carbonyl (C=O) groups excluding carboxylic acids is 3. The van der Waals surface area contributed by atoms with Gasteiger partial charge in [0.25, 0.3) is 0 Å². The van der Waals surface area contributed by atoms with Gasteiger partial charge in [-0.1, -0.05) is 54.1 Å². The lowest BCUT2D eigenvalue weighted by molar-refractivity contribution is -0.140. The molecule has 0 radical (unpaired) electrons. The van der Waals surface area contributed by atoms with Crippen LogP contribution in [0.25, 0.3) is 0 Å². The van der Waals surface area contributed by atoms with Gasteiger partial charge >= 0.3 is 11.9 Å². The van der Waals surface area contributed by atoms with E-state index in [4.69, 9.17) is 21.1 Å². The molecule has 0 saturated carbocycles. The first-order valence-corrected chi connectivity index (χ1v) is 10.0. The zero-order valence-corrected chi connectivity index (χ0v) is 18.2. The second-order valence-electron chi connectivity index (χ2n) is 7.11. The average molecular weight is 440 g/mol. The first-order valence-electron chi connectivity index (χ1n) is 9.65. The predicted octanol–water partition coefficient (Wildman–Crippen LogP) is 4.36. The Morgan fingerprint density at radius 1 is 1.00 bits per heavy atom. The molecule has 0 unspecified atom stereocenters. The molecule has 1 N–H and O–H groups in total. The first-order chi connectivity index (χ1) is 14.8. The number of esters is 2. The van der Waals surface area contributed by atoms with Crippen molar-refractivity contribution in [3.05, 3.63) is 87.7 Å². The summed E-state index contributed by atoms with van der Waals surface area (Å²) in [5.41, 5.74) is 2.40. The molecule has 7 heteroatoms. The summed E-state index contributed by atoms with van der Waals surface area (Å²) < 4.78 is 10.7. The fourth-order valence-electron chi connectivity index (χ4n) is 3.47. The third kappa shape index (κ3) is 5.22. The Labute approximate surface area is 185 Å². The van der Waals surface area contributed by atoms with E-state index < -0.39 is 17.9 Å². The number of hydrogen-bond acceptors (Lipinski definition) is 6. The van der Waals surface area contributed by atoms with E-state index in [1.807, 2.05) is 30.3 Å². The van der Waals surface area contributed by atoms with Gasteiger partial charge in [0, 0.05) is 24.1 Å². The third-order valence-corrected chi connectivity index (χ3v) is 5.08. The number of allylic oxidation sites excluding steroid dienone is 2. The quantitative estimate of drug-likeness (QED) is 0.409. The van der Waals surface area contributed by atoms with Crippen molar-refractivity contribution in [3.63, 3.8) is 0 Å². The Morgan fingerprint density at radius 3 is 2.35 bits per heavy atom. The molecule has 3 rings (SSSR count). The number of carbonyl (C=O) groups is 3. The van der Waals surface area contributed by atoms with Crippen LogP contribution in [0.4, 0.5) is 0 Å². The molecular formula is C24H22ClNO5. The molecule has 0 fully saturated rings. The number of ether oxygens (including phenoxy) is 2. The first kappa shape index (κ1) is 22.3. The summed E-state index contributed by atoms with van der Waals surface area (Å²) in [5, 5.41) is 3.05. The van der Waals surface area contributed by atoms with Crippen molar-refractivity contribution in [3.8, 4) is 5.75 Å². The van der Waals surface area contributed by atoms with Crippen LogP contribution in [0.3, 0.4) is 0 Å². The van der Waals surface area contributed by atoms with Crippen LogP contribution in [-0.2, 0) is 25.7 Å². The van der Waals surface area contributed by atoms with Crippen molar-refractivity contribution in [1.82, 2.24) is 5.32 Å². The zero-order chi connectivity index (χ0) is 22.5. The molecule has 160 valence electrons. The topological polar surface area (TPSA) is 81.7 Å². The van der Waals surface area contributed by atoms with Crippen molar-refractivity contribution in [1.29, 1.82) is 0 Å². The molecule has 0 aliphatic carbocycles. The molecule has 1 aliphatic heterocycles. The van der Waals surface area contributed by atoms with Gasteiger partial charge in [-0.05, 0) is 37.1 Å². The van der Waals surface area contributed by atoms with E-state index in [9.17, 15) is 14.4 Å². The normalized spacial score (nSPS) is 15.9. The van der Waals surface area contributed by atoms with E-state index in [0.29, 0.717) is 17.0 Å². The van der Waals surface area contributed by atoms with E-state index in [1.54, 1.807) is 31.2 Å². The van der Waals surface area contributed by atoms with Gasteiger partial charge in [0.1, 0.15) is 17.5 Å². The summed E-state index contributed by atoms with van der Waals surface area (Å²) in [4.78, 5) is 37.0. The van der Waals surface area contributed by atoms with E-state index >= 15 is 0 Å². The molecule has 2 aromatic carbocycles. The summed E-state index contributed by atoms with van der Waals surface area (Å²) in [7, 11) is 0. The minimum atomic E-state index is -0.773. The highest BCUT2D eigenvalue weighted by Crippen LogP contribution is 2.41. The minimum Gasteiger partial charge on any atom is -0.457 e. The van der Waals surface area contributed by atoms with Gasteiger partial charge < -0.3 is 14.8 Å². The Morgan fingerprint density at radius 2 is 1.71 bits per heavy atom. The highest BCUT2D eigenvalue weighted by Gasteiger charge is 2.36. The minimum absolute atomic E-state index is 0.0868. The Kier molecular flexibility index (Phi) is 6.92. The monoisotopic (exact) mass is 439 g/mol. The van der Waals surface area contributed by atoms with Crippen molar-refractivity contribution in [2.24, 2.45) is 0 Å². The summed E-state index contributed by atoms with van der Waals surface area (Å²) in [6.07, 6.45) is 0. The van der Waals surface area contributed by atoms with Gasteiger partial charge in [0.15, 0.2) is 5.78 Å². The molecule has 0 aromatic heterocycles. The van der Waals surface area contributed by atoms with Gasteiger partial charge in [0.2, 0.25) is 0 Å². The lowest BCUT2D eigenvalue weighted by Gasteiger charge is -2.29. The maximum atomic E-state index is 13.1. The van der Waals surface area contributed by atoms with Crippen LogP contribution < -0.4 is 10.1 Å². The highest BCUT2D eigenvalue weighted by atomic mass is 35.5. The number of hydrogen-bond donors (Lipinski definition) is 1. The molecule has 1 heterocycles. The van der Waals surface area contributed by atoms with Gasteiger partial charge in [-0.3, -0.25) is 9.59 Å². The fourth-order valence-corrected chi connectivity index (χ4v) is 3.86. The molecular weight excluding hydrogens is 418 g/mol. The fraction of sp³-hybridized carbons (Fsp3) is 0.208. The predicted molar refractivity (Wildman–Crippen MR) is 116 cm³/mol. The van der Waals surface area contributed by atoms with Gasteiger partial charge in [-0.15, -0.1) is 0 Å². The Balaban J connectivity index is 2.01. The second kappa shape index (κ2) is 9.62. The third-order valence-electron chi connectivity index (χ3n) is 4.78. The molecule has 0 spiro atoms. The van der Waals surface area contributed by atoms with Crippen LogP contribution >= 0.6 is 11.6 Å². The van der Waals surface area contributed by atoms with Crippen LogP contribution in [0.1, 0.15) is 37.8 Å². The number of halogens is 1. The van der Waals surface area contributed by atoms with Crippen LogP contribution in [0.2, 0.25) is 0 Å². The molecule has 2 aromatic rings. The van der Waals surface area contributed by atoms with Gasteiger partial charge in [-0.25, -0.2) is 4.79 Å². The van der Waals surface area contributed by atoms with Crippen LogP contribution in [0.15, 0.2) is 76.6 Å². The lowest BCUT2D eigenvalue weighted by atomic mass is 9.80. The van der Waals surface area contributed by atoms with Crippen LogP contribution in [0.5, 0.6) is 5.75 Å². The number of benzene rings is 2. The van der Waals surface area contributed by atoms with Crippen LogP contribution in [0, 0.1) is 0 Å². The summed E-state index contributed by atoms with van der Waals surface area (Å²) in [6.45, 7) is 4.46. The second-order valence-corrected chi connectivity index (χ2v) is 7.49. The number of dihydropyridines is 1. The molecule has 0 amide bonds. The van der Waals surface area contributed by atoms with E-state index in [-0.39, 0.29) is 28.7 Å². The number of Topliss-reactive ketones (excluding diaryl/α,β-unsaturated/α-hetero) is 1. The summed E-state index contributed by atoms with van der Waals surface area (Å²) >= 11 is 6.36. The SMILES string of the molecule is CC(=O)Oc1cccc([C@@H]2C(C(=O)OCc3ccccc3)=C(C)NC(Cl)=C2C(C)=O)c1. The molecule has 0 saturated heterocycles. The number of nitrogens with one attached hydrogen (secondary N) is 1. The van der Waals surface area contributed by atoms with Crippen molar-refractivity contribution in [2.75, 3.05) is 0 Å². The number of rotatable bonds is 6. The van der Waals surface area contributed by atoms with Crippen molar-refractivity contribution in [2.45, 2.75) is 33.3 Å². The van der Waals surface area contributed by atoms with E-state index in [1.165, 1.54) is 13.8 Å². The lowest BCUT2D eigenvalue weighted by Crippen LogP contribution is -2.30. The molecule has 1 aliphatic rings. The van der Waals surface area contributed by atoms with E-state index in [0.717, 1.165) is 5.56 Å². The standard InChI is InChI=1S/C24H22ClNO5/c1-14-20(24(29)30-13-17-8-5-4-6-9-17)22(21(15(2)27)23(25)26-14)18-10-7-11-19(12-18)31-16(3)28/h4-12,22,26H,13H2,1-3H3/t22-/m1/s1. The zero-order valence-electron chi connectivity index (χ0n) is 17.4. The molecule has 0 bridgehead atoms. The Hall–Kier alpha value is -3.38. The van der Waals surface area contributed by atoms with Crippen molar-refractivity contribution < 1.29 is 23.9 Å². The van der Waals surface area contributed by atoms with Gasteiger partial charge in [-0.2, -0.15) is 0 Å². The van der Waals surface area contributed by atoms with Crippen LogP contribution in [-0.4, -0.2) is 17.7 Å². The largest absolute Gasteiger partial charge is 0.457 e. The Bertz CT molecular complexity index is 1090. The van der Waals surface area contributed by atoms with Gasteiger partial charge in [0.05, 0.1) is 5.57 Å². The number of ketones is 1. The average Bonchev–Trinajstić information content (AvgIpc) is 2.71. The maximum absolute atomic E-state index is 13.1. The molecule has 6 nitrogen and oxygen atoms in total. The summed E-state index contributed by atoms with van der Waals surface area (Å²) in [6, 6.07) is 16.0. The summed E-state index contributed by atoms with van der Waals surface area (Å²) in [5.74, 6) is -1.81. The van der Waals surface area contributed by atoms with E-state index in [2.05, 4.69) is 5.32 Å². The molecule has 1 atom stereocenters.